The van der Waals surface area contributed by atoms with Gasteiger partial charge in [-0.25, -0.2) is 12.8 Å². The van der Waals surface area contributed by atoms with E-state index < -0.39 is 21.7 Å². The van der Waals surface area contributed by atoms with Crippen LogP contribution in [-0.4, -0.2) is 20.6 Å². The molecule has 0 fully saturated rings. The van der Waals surface area contributed by atoms with Gasteiger partial charge in [0.1, 0.15) is 5.82 Å². The average Bonchev–Trinajstić information content (AvgIpc) is 2.45. The van der Waals surface area contributed by atoms with Crippen molar-refractivity contribution in [2.24, 2.45) is 0 Å². The summed E-state index contributed by atoms with van der Waals surface area (Å²) in [4.78, 5) is 12.2. The van der Waals surface area contributed by atoms with Gasteiger partial charge in [0, 0.05) is 12.2 Å². The summed E-state index contributed by atoms with van der Waals surface area (Å²) < 4.78 is 37.8. The number of sulfonamides is 1. The zero-order chi connectivity index (χ0) is 17.0. The molecule has 0 aromatic heterocycles. The van der Waals surface area contributed by atoms with Gasteiger partial charge in [-0.05, 0) is 35.9 Å². The van der Waals surface area contributed by atoms with Crippen molar-refractivity contribution >= 4 is 33.2 Å². The number of hydrogen-bond acceptors (Lipinski definition) is 3. The number of amides is 1. The third-order valence-electron chi connectivity index (χ3n) is 2.86. The van der Waals surface area contributed by atoms with Crippen molar-refractivity contribution in [1.82, 2.24) is 5.32 Å². The SMILES string of the molecule is CS(=O)(=O)Nc1ccc(Cl)c(C(=O)NCc2cccc(F)c2)c1. The molecule has 1 amide bonds. The Bertz CT molecular complexity index is 840. The Kier molecular flexibility index (Phi) is 5.23. The fourth-order valence-corrected chi connectivity index (χ4v) is 2.66. The lowest BCUT2D eigenvalue weighted by Gasteiger charge is -2.10. The van der Waals surface area contributed by atoms with Gasteiger partial charge in [0.15, 0.2) is 0 Å². The lowest BCUT2D eigenvalue weighted by atomic mass is 10.1. The maximum atomic E-state index is 13.1. The molecule has 0 saturated carbocycles. The van der Waals surface area contributed by atoms with Gasteiger partial charge >= 0.3 is 0 Å². The number of carbonyl (C=O) groups is 1. The molecule has 5 nitrogen and oxygen atoms in total. The van der Waals surface area contributed by atoms with Crippen LogP contribution in [-0.2, 0) is 16.6 Å². The van der Waals surface area contributed by atoms with Crippen LogP contribution in [0.4, 0.5) is 10.1 Å². The Morgan fingerprint density at radius 3 is 2.61 bits per heavy atom. The Hall–Kier alpha value is -2.12. The second-order valence-corrected chi connectivity index (χ2v) is 7.04. The number of anilines is 1. The van der Waals surface area contributed by atoms with Crippen LogP contribution < -0.4 is 10.0 Å². The molecule has 0 atom stereocenters. The standard InChI is InChI=1S/C15H14ClFN2O3S/c1-23(21,22)19-12-5-6-14(16)13(8-12)15(20)18-9-10-3-2-4-11(17)7-10/h2-8,19H,9H2,1H3,(H,18,20). The molecule has 2 rings (SSSR count). The molecule has 2 N–H and O–H groups in total. The van der Waals surface area contributed by atoms with E-state index in [-0.39, 0.29) is 22.8 Å². The number of carbonyl (C=O) groups excluding carboxylic acids is 1. The molecule has 2 aromatic carbocycles. The van der Waals surface area contributed by atoms with Gasteiger partial charge in [-0.1, -0.05) is 23.7 Å². The van der Waals surface area contributed by atoms with E-state index in [0.29, 0.717) is 5.56 Å². The van der Waals surface area contributed by atoms with E-state index in [1.807, 2.05) is 0 Å². The van der Waals surface area contributed by atoms with Crippen LogP contribution in [0.15, 0.2) is 42.5 Å². The topological polar surface area (TPSA) is 75.3 Å². The molecule has 0 aliphatic rings. The van der Waals surface area contributed by atoms with E-state index in [2.05, 4.69) is 10.0 Å². The zero-order valence-electron chi connectivity index (χ0n) is 12.1. The summed E-state index contributed by atoms with van der Waals surface area (Å²) in [5.41, 5.74) is 0.949. The molecule has 0 unspecified atom stereocenters. The lowest BCUT2D eigenvalue weighted by Crippen LogP contribution is -2.23. The number of rotatable bonds is 5. The van der Waals surface area contributed by atoms with Crippen molar-refractivity contribution in [2.45, 2.75) is 6.54 Å². The third kappa shape index (κ3) is 5.22. The Morgan fingerprint density at radius 2 is 1.96 bits per heavy atom. The first kappa shape index (κ1) is 17.2. The summed E-state index contributed by atoms with van der Waals surface area (Å²) in [5.74, 6) is -0.884. The van der Waals surface area contributed by atoms with Crippen LogP contribution in [0.25, 0.3) is 0 Å². The van der Waals surface area contributed by atoms with Crippen LogP contribution in [0.5, 0.6) is 0 Å². The number of halogens is 2. The van der Waals surface area contributed by atoms with Crippen LogP contribution >= 0.6 is 11.6 Å². The van der Waals surface area contributed by atoms with Crippen LogP contribution in [0.3, 0.4) is 0 Å². The normalized spacial score (nSPS) is 11.1. The first-order valence-corrected chi connectivity index (χ1v) is 8.81. The Morgan fingerprint density at radius 1 is 1.22 bits per heavy atom. The molecule has 0 spiro atoms. The van der Waals surface area contributed by atoms with Gasteiger partial charge in [-0.3, -0.25) is 9.52 Å². The molecule has 8 heteroatoms. The predicted molar refractivity (Wildman–Crippen MR) is 87.5 cm³/mol. The minimum absolute atomic E-state index is 0.122. The fraction of sp³-hybridized carbons (Fsp3) is 0.133. The maximum Gasteiger partial charge on any atom is 0.253 e. The van der Waals surface area contributed by atoms with Crippen molar-refractivity contribution in [3.05, 3.63) is 64.4 Å². The van der Waals surface area contributed by atoms with Crippen LogP contribution in [0.1, 0.15) is 15.9 Å². The second-order valence-electron chi connectivity index (χ2n) is 4.88. The van der Waals surface area contributed by atoms with E-state index >= 15 is 0 Å². The van der Waals surface area contributed by atoms with Crippen LogP contribution in [0.2, 0.25) is 5.02 Å². The highest BCUT2D eigenvalue weighted by Gasteiger charge is 2.12. The third-order valence-corrected chi connectivity index (χ3v) is 3.79. The molecule has 0 bridgehead atoms. The van der Waals surface area contributed by atoms with Crippen molar-refractivity contribution in [3.8, 4) is 0 Å². The molecule has 2 aromatic rings. The van der Waals surface area contributed by atoms with Crippen molar-refractivity contribution in [2.75, 3.05) is 11.0 Å². The van der Waals surface area contributed by atoms with Crippen molar-refractivity contribution < 1.29 is 17.6 Å². The highest BCUT2D eigenvalue weighted by atomic mass is 35.5. The monoisotopic (exact) mass is 356 g/mol. The van der Waals surface area contributed by atoms with E-state index in [1.165, 1.54) is 30.3 Å². The molecular weight excluding hydrogens is 343 g/mol. The summed E-state index contributed by atoms with van der Waals surface area (Å²) >= 11 is 5.97. The van der Waals surface area contributed by atoms with Gasteiger partial charge in [-0.15, -0.1) is 0 Å². The molecule has 23 heavy (non-hydrogen) atoms. The van der Waals surface area contributed by atoms with Gasteiger partial charge in [-0.2, -0.15) is 0 Å². The van der Waals surface area contributed by atoms with Crippen molar-refractivity contribution in [3.63, 3.8) is 0 Å². The first-order valence-electron chi connectivity index (χ1n) is 6.54. The van der Waals surface area contributed by atoms with E-state index in [0.717, 1.165) is 6.26 Å². The van der Waals surface area contributed by atoms with E-state index in [4.69, 9.17) is 11.6 Å². The molecule has 0 aliphatic carbocycles. The molecular formula is C15H14ClFN2O3S. The second kappa shape index (κ2) is 6.97. The summed E-state index contributed by atoms with van der Waals surface area (Å²) in [6.07, 6.45) is 1.01. The molecule has 0 aliphatic heterocycles. The van der Waals surface area contributed by atoms with Gasteiger partial charge in [0.05, 0.1) is 16.8 Å². The minimum Gasteiger partial charge on any atom is -0.348 e. The van der Waals surface area contributed by atoms with Gasteiger partial charge in [0.25, 0.3) is 5.91 Å². The summed E-state index contributed by atoms with van der Waals surface area (Å²) in [6, 6.07) is 10.0. The smallest absolute Gasteiger partial charge is 0.253 e. The Labute approximate surface area is 138 Å². The Balaban J connectivity index is 2.13. The average molecular weight is 357 g/mol. The van der Waals surface area contributed by atoms with Gasteiger partial charge < -0.3 is 5.32 Å². The number of nitrogens with one attached hydrogen (secondary N) is 2. The zero-order valence-corrected chi connectivity index (χ0v) is 13.7. The van der Waals surface area contributed by atoms with Crippen molar-refractivity contribution in [1.29, 1.82) is 0 Å². The van der Waals surface area contributed by atoms with E-state index in [9.17, 15) is 17.6 Å². The number of hydrogen-bond donors (Lipinski definition) is 2. The highest BCUT2D eigenvalue weighted by molar-refractivity contribution is 7.92. The maximum absolute atomic E-state index is 13.1. The predicted octanol–water partition coefficient (Wildman–Crippen LogP) is 2.78. The van der Waals surface area contributed by atoms with Gasteiger partial charge in [0.2, 0.25) is 10.0 Å². The number of benzene rings is 2. The van der Waals surface area contributed by atoms with E-state index in [1.54, 1.807) is 12.1 Å². The summed E-state index contributed by atoms with van der Waals surface area (Å²) in [6.45, 7) is 0.122. The largest absolute Gasteiger partial charge is 0.348 e. The lowest BCUT2D eigenvalue weighted by molar-refractivity contribution is 0.0951. The fourth-order valence-electron chi connectivity index (χ4n) is 1.90. The quantitative estimate of drug-likeness (QED) is 0.865. The highest BCUT2D eigenvalue weighted by Crippen LogP contribution is 2.21. The summed E-state index contributed by atoms with van der Waals surface area (Å²) in [5, 5.41) is 2.79. The molecule has 0 saturated heterocycles. The summed E-state index contributed by atoms with van der Waals surface area (Å²) in [7, 11) is -3.46. The minimum atomic E-state index is -3.46. The first-order chi connectivity index (χ1) is 10.7. The molecule has 0 radical (unpaired) electrons. The van der Waals surface area contributed by atoms with Crippen LogP contribution in [0, 0.1) is 5.82 Å². The molecule has 0 heterocycles. The molecule has 122 valence electrons.